The maximum Gasteiger partial charge on any atom is 0.239 e. The second-order valence-electron chi connectivity index (χ2n) is 6.13. The number of likely N-dealkylation sites (N-methyl/N-ethyl adjacent to an activating group) is 1. The molecule has 1 aromatic carbocycles. The first-order valence-corrected chi connectivity index (χ1v) is 8.02. The van der Waals surface area contributed by atoms with E-state index in [1.807, 2.05) is 30.1 Å². The van der Waals surface area contributed by atoms with Gasteiger partial charge >= 0.3 is 0 Å². The number of rotatable bonds is 7. The van der Waals surface area contributed by atoms with Crippen molar-refractivity contribution in [2.24, 2.45) is 0 Å². The highest BCUT2D eigenvalue weighted by molar-refractivity contribution is 6.30. The van der Waals surface area contributed by atoms with Crippen LogP contribution in [0.5, 0.6) is 0 Å². The molecule has 0 aliphatic heterocycles. The minimum absolute atomic E-state index is 0.0843. The van der Waals surface area contributed by atoms with Crippen LogP contribution in [0.2, 0.25) is 5.02 Å². The van der Waals surface area contributed by atoms with Crippen molar-refractivity contribution in [3.63, 3.8) is 0 Å². The molecule has 1 amide bonds. The lowest BCUT2D eigenvalue weighted by Crippen LogP contribution is -2.36. The van der Waals surface area contributed by atoms with E-state index in [1.165, 1.54) is 18.4 Å². The molecule has 21 heavy (non-hydrogen) atoms. The third-order valence-electron chi connectivity index (χ3n) is 3.94. The molecular weight excluding hydrogens is 286 g/mol. The minimum atomic E-state index is 0.0843. The lowest BCUT2D eigenvalue weighted by Gasteiger charge is -2.22. The summed E-state index contributed by atoms with van der Waals surface area (Å²) in [6.45, 7) is 1.19. The fourth-order valence-electron chi connectivity index (χ4n) is 2.39. The van der Waals surface area contributed by atoms with Crippen LogP contribution in [-0.4, -0.2) is 31.6 Å². The minimum Gasteiger partial charge on any atom is -0.365 e. The number of halogens is 1. The first-order chi connectivity index (χ1) is 10.1. The van der Waals surface area contributed by atoms with Crippen molar-refractivity contribution in [2.45, 2.75) is 44.3 Å². The van der Waals surface area contributed by atoms with Gasteiger partial charge in [-0.15, -0.1) is 0 Å². The molecule has 3 rings (SSSR count). The fourth-order valence-corrected chi connectivity index (χ4v) is 2.55. The number of hydrogen-bond acceptors (Lipinski definition) is 3. The maximum absolute atomic E-state index is 11.9. The molecule has 2 aliphatic carbocycles. The van der Waals surface area contributed by atoms with Gasteiger partial charge in [0.2, 0.25) is 5.91 Å². The first kappa shape index (κ1) is 14.7. The summed E-state index contributed by atoms with van der Waals surface area (Å²) in [6, 6.07) is 6.96. The summed E-state index contributed by atoms with van der Waals surface area (Å²) in [4.78, 5) is 13.9. The molecule has 1 aromatic rings. The van der Waals surface area contributed by atoms with Gasteiger partial charge in [-0.1, -0.05) is 17.7 Å². The number of nitrogens with one attached hydrogen (secondary N) is 2. The average Bonchev–Trinajstić information content (AvgIpc) is 3.32. The van der Waals surface area contributed by atoms with E-state index < -0.39 is 0 Å². The van der Waals surface area contributed by atoms with Crippen molar-refractivity contribution in [3.8, 4) is 0 Å². The molecule has 0 atom stereocenters. The molecule has 0 saturated heterocycles. The smallest absolute Gasteiger partial charge is 0.239 e. The molecular formula is C16H22ClN3O. The van der Waals surface area contributed by atoms with E-state index >= 15 is 0 Å². The van der Waals surface area contributed by atoms with Crippen LogP contribution in [-0.2, 0) is 11.3 Å². The lowest BCUT2D eigenvalue weighted by atomic mass is 10.1. The van der Waals surface area contributed by atoms with Crippen LogP contribution in [0.15, 0.2) is 18.2 Å². The van der Waals surface area contributed by atoms with Crippen LogP contribution >= 0.6 is 11.6 Å². The number of benzene rings is 1. The Morgan fingerprint density at radius 2 is 2.00 bits per heavy atom. The van der Waals surface area contributed by atoms with E-state index in [0.29, 0.717) is 23.7 Å². The summed E-state index contributed by atoms with van der Waals surface area (Å²) in [5.41, 5.74) is 2.22. The predicted molar refractivity (Wildman–Crippen MR) is 85.7 cm³/mol. The molecule has 5 heteroatoms. The molecule has 114 valence electrons. The second kappa shape index (κ2) is 6.24. The summed E-state index contributed by atoms with van der Waals surface area (Å²) >= 11 is 6.12. The molecule has 0 heterocycles. The number of anilines is 1. The summed E-state index contributed by atoms with van der Waals surface area (Å²) in [5.74, 6) is 0.0843. The van der Waals surface area contributed by atoms with Crippen LogP contribution in [0.25, 0.3) is 0 Å². The van der Waals surface area contributed by atoms with E-state index in [-0.39, 0.29) is 5.91 Å². The third kappa shape index (κ3) is 4.35. The molecule has 2 aliphatic rings. The SMILES string of the molecule is CN(CC(=O)NC1CC1)c1cc(Cl)ccc1CNC1CC1. The van der Waals surface area contributed by atoms with E-state index in [0.717, 1.165) is 25.1 Å². The van der Waals surface area contributed by atoms with E-state index in [2.05, 4.69) is 10.6 Å². The zero-order chi connectivity index (χ0) is 14.8. The van der Waals surface area contributed by atoms with Gasteiger partial charge in [0.15, 0.2) is 0 Å². The van der Waals surface area contributed by atoms with Crippen LogP contribution in [0.3, 0.4) is 0 Å². The average molecular weight is 308 g/mol. The molecule has 0 spiro atoms. The van der Waals surface area contributed by atoms with Crippen molar-refractivity contribution >= 4 is 23.2 Å². The Labute approximate surface area is 130 Å². The van der Waals surface area contributed by atoms with Gasteiger partial charge in [0, 0.05) is 36.4 Å². The van der Waals surface area contributed by atoms with Gasteiger partial charge in [-0.3, -0.25) is 4.79 Å². The molecule has 0 unspecified atom stereocenters. The monoisotopic (exact) mass is 307 g/mol. The molecule has 2 N–H and O–H groups in total. The largest absolute Gasteiger partial charge is 0.365 e. The van der Waals surface area contributed by atoms with Crippen molar-refractivity contribution in [2.75, 3.05) is 18.5 Å². The molecule has 2 fully saturated rings. The zero-order valence-electron chi connectivity index (χ0n) is 12.4. The fraction of sp³-hybridized carbons (Fsp3) is 0.562. The van der Waals surface area contributed by atoms with Gasteiger partial charge in [-0.2, -0.15) is 0 Å². The summed E-state index contributed by atoms with van der Waals surface area (Å²) < 4.78 is 0. The van der Waals surface area contributed by atoms with Crippen LogP contribution in [0.4, 0.5) is 5.69 Å². The standard InChI is InChI=1S/C16H22ClN3O/c1-20(10-16(21)19-14-6-7-14)15-8-12(17)3-2-11(15)9-18-13-4-5-13/h2-3,8,13-14,18H,4-7,9-10H2,1H3,(H,19,21). The first-order valence-electron chi connectivity index (χ1n) is 7.64. The lowest BCUT2D eigenvalue weighted by molar-refractivity contribution is -0.119. The van der Waals surface area contributed by atoms with E-state index in [9.17, 15) is 4.79 Å². The molecule has 0 radical (unpaired) electrons. The topological polar surface area (TPSA) is 44.4 Å². The molecule has 2 saturated carbocycles. The van der Waals surface area contributed by atoms with Gasteiger partial charge in [-0.05, 0) is 43.4 Å². The Bertz CT molecular complexity index is 526. The zero-order valence-corrected chi connectivity index (χ0v) is 13.1. The Morgan fingerprint density at radius 1 is 1.29 bits per heavy atom. The van der Waals surface area contributed by atoms with Crippen LogP contribution < -0.4 is 15.5 Å². The Morgan fingerprint density at radius 3 is 2.67 bits per heavy atom. The Kier molecular flexibility index (Phi) is 4.36. The summed E-state index contributed by atoms with van der Waals surface area (Å²) in [7, 11) is 1.94. The van der Waals surface area contributed by atoms with Gasteiger partial charge in [-0.25, -0.2) is 0 Å². The highest BCUT2D eigenvalue weighted by Gasteiger charge is 2.24. The van der Waals surface area contributed by atoms with Gasteiger partial charge in [0.25, 0.3) is 0 Å². The van der Waals surface area contributed by atoms with Crippen LogP contribution in [0.1, 0.15) is 31.2 Å². The normalized spacial score (nSPS) is 17.6. The van der Waals surface area contributed by atoms with Gasteiger partial charge in [0.1, 0.15) is 0 Å². The quantitative estimate of drug-likeness (QED) is 0.812. The Balaban J connectivity index is 1.64. The van der Waals surface area contributed by atoms with Crippen molar-refractivity contribution < 1.29 is 4.79 Å². The third-order valence-corrected chi connectivity index (χ3v) is 4.18. The summed E-state index contributed by atoms with van der Waals surface area (Å²) in [5, 5.41) is 7.24. The predicted octanol–water partition coefficient (Wildman–Crippen LogP) is 2.31. The molecule has 0 bridgehead atoms. The number of carbonyl (C=O) groups excluding carboxylic acids is 1. The van der Waals surface area contributed by atoms with E-state index in [1.54, 1.807) is 0 Å². The summed E-state index contributed by atoms with van der Waals surface area (Å²) in [6.07, 6.45) is 4.76. The van der Waals surface area contributed by atoms with E-state index in [4.69, 9.17) is 11.6 Å². The van der Waals surface area contributed by atoms with Crippen molar-refractivity contribution in [1.29, 1.82) is 0 Å². The maximum atomic E-state index is 11.9. The second-order valence-corrected chi connectivity index (χ2v) is 6.56. The van der Waals surface area contributed by atoms with Crippen LogP contribution in [0, 0.1) is 0 Å². The molecule has 4 nitrogen and oxygen atoms in total. The number of hydrogen-bond donors (Lipinski definition) is 2. The van der Waals surface area contributed by atoms with Crippen molar-refractivity contribution in [1.82, 2.24) is 10.6 Å². The molecule has 0 aromatic heterocycles. The number of amides is 1. The number of carbonyl (C=O) groups is 1. The highest BCUT2D eigenvalue weighted by Crippen LogP contribution is 2.26. The van der Waals surface area contributed by atoms with Gasteiger partial charge in [0.05, 0.1) is 6.54 Å². The highest BCUT2D eigenvalue weighted by atomic mass is 35.5. The Hall–Kier alpha value is -1.26. The van der Waals surface area contributed by atoms with Gasteiger partial charge < -0.3 is 15.5 Å². The van der Waals surface area contributed by atoms with Crippen molar-refractivity contribution in [3.05, 3.63) is 28.8 Å². The number of nitrogens with zero attached hydrogens (tertiary/aromatic N) is 1.